The average Bonchev–Trinajstić information content (AvgIpc) is 2.68. The van der Waals surface area contributed by atoms with E-state index in [9.17, 15) is 0 Å². The monoisotopic (exact) mass is 250 g/mol. The molecule has 1 saturated heterocycles. The van der Waals surface area contributed by atoms with Gasteiger partial charge in [-0.3, -0.25) is 9.58 Å². The van der Waals surface area contributed by atoms with Crippen LogP contribution in [0.25, 0.3) is 0 Å². The number of hydrogen-bond acceptors (Lipinski definition) is 3. The maximum absolute atomic E-state index is 4.44. The minimum absolute atomic E-state index is 0.689. The number of nitrogens with zero attached hydrogens (tertiary/aromatic N) is 3. The number of aromatic nitrogens is 2. The quantitative estimate of drug-likeness (QED) is 0.863. The predicted octanol–water partition coefficient (Wildman–Crippen LogP) is 1.69. The molecule has 0 radical (unpaired) electrons. The number of piperidine rings is 1. The fraction of sp³-hybridized carbons (Fsp3) is 0.786. The lowest BCUT2D eigenvalue weighted by Gasteiger charge is -2.34. The van der Waals surface area contributed by atoms with Gasteiger partial charge in [-0.2, -0.15) is 5.10 Å². The van der Waals surface area contributed by atoms with Crippen LogP contribution in [0.2, 0.25) is 0 Å². The van der Waals surface area contributed by atoms with Crippen molar-refractivity contribution in [3.8, 4) is 0 Å². The first-order chi connectivity index (χ1) is 8.70. The summed E-state index contributed by atoms with van der Waals surface area (Å²) in [6.45, 7) is 8.85. The summed E-state index contributed by atoms with van der Waals surface area (Å²) in [4.78, 5) is 2.61. The molecule has 1 aromatic heterocycles. The second-order valence-electron chi connectivity index (χ2n) is 5.37. The molecule has 18 heavy (non-hydrogen) atoms. The van der Waals surface area contributed by atoms with Crippen LogP contribution >= 0.6 is 0 Å². The number of aryl methyl sites for hydroxylation is 2. The Hall–Kier alpha value is -0.870. The molecule has 2 rings (SSSR count). The minimum Gasteiger partial charge on any atom is -0.315 e. The van der Waals surface area contributed by atoms with Crippen LogP contribution in [0, 0.1) is 6.92 Å². The summed E-state index contributed by atoms with van der Waals surface area (Å²) >= 11 is 0. The molecule has 1 atom stereocenters. The van der Waals surface area contributed by atoms with E-state index in [1.165, 1.54) is 38.0 Å². The molecule has 1 N–H and O–H groups in total. The molecular weight excluding hydrogens is 224 g/mol. The predicted molar refractivity (Wildman–Crippen MR) is 74.5 cm³/mol. The summed E-state index contributed by atoms with van der Waals surface area (Å²) in [6.07, 6.45) is 3.84. The molecule has 1 fully saturated rings. The van der Waals surface area contributed by atoms with Crippen molar-refractivity contribution in [2.45, 2.75) is 45.7 Å². The van der Waals surface area contributed by atoms with Crippen molar-refractivity contribution in [3.05, 3.63) is 17.5 Å². The number of rotatable bonds is 5. The molecule has 1 aromatic rings. The largest absolute Gasteiger partial charge is 0.315 e. The van der Waals surface area contributed by atoms with Crippen LogP contribution in [-0.4, -0.2) is 40.4 Å². The van der Waals surface area contributed by atoms with Crippen molar-refractivity contribution in [2.75, 3.05) is 19.6 Å². The van der Waals surface area contributed by atoms with Gasteiger partial charge >= 0.3 is 0 Å². The van der Waals surface area contributed by atoms with Crippen LogP contribution in [0.5, 0.6) is 0 Å². The van der Waals surface area contributed by atoms with Crippen molar-refractivity contribution < 1.29 is 0 Å². The molecule has 0 amide bonds. The topological polar surface area (TPSA) is 33.1 Å². The minimum atomic E-state index is 0.689. The zero-order chi connectivity index (χ0) is 13.0. The van der Waals surface area contributed by atoms with E-state index in [-0.39, 0.29) is 0 Å². The van der Waals surface area contributed by atoms with E-state index in [1.807, 2.05) is 11.7 Å². The van der Waals surface area contributed by atoms with Crippen LogP contribution in [0.15, 0.2) is 6.07 Å². The highest BCUT2D eigenvalue weighted by molar-refractivity contribution is 5.08. The maximum Gasteiger partial charge on any atom is 0.0597 e. The molecule has 1 aliphatic rings. The van der Waals surface area contributed by atoms with Gasteiger partial charge in [0.05, 0.1) is 11.4 Å². The molecule has 0 bridgehead atoms. The lowest BCUT2D eigenvalue weighted by Crippen LogP contribution is -2.46. The van der Waals surface area contributed by atoms with E-state index in [1.54, 1.807) is 0 Å². The van der Waals surface area contributed by atoms with Crippen LogP contribution < -0.4 is 5.32 Å². The molecule has 0 aliphatic carbocycles. The fourth-order valence-electron chi connectivity index (χ4n) is 2.84. The number of nitrogens with one attached hydrogen (secondary N) is 1. The lowest BCUT2D eigenvalue weighted by atomic mass is 10.1. The van der Waals surface area contributed by atoms with Gasteiger partial charge in [0.1, 0.15) is 0 Å². The molecule has 4 heteroatoms. The lowest BCUT2D eigenvalue weighted by molar-refractivity contribution is 0.154. The fourth-order valence-corrected chi connectivity index (χ4v) is 2.84. The molecule has 2 heterocycles. The van der Waals surface area contributed by atoms with E-state index in [2.05, 4.69) is 35.2 Å². The van der Waals surface area contributed by atoms with Crippen molar-refractivity contribution in [1.29, 1.82) is 0 Å². The third-order valence-corrected chi connectivity index (χ3v) is 3.76. The second-order valence-corrected chi connectivity index (χ2v) is 5.37. The summed E-state index contributed by atoms with van der Waals surface area (Å²) in [7, 11) is 2.05. The van der Waals surface area contributed by atoms with Crippen LogP contribution in [0.4, 0.5) is 0 Å². The molecule has 0 aromatic carbocycles. The summed E-state index contributed by atoms with van der Waals surface area (Å²) in [5.41, 5.74) is 2.44. The van der Waals surface area contributed by atoms with Crippen molar-refractivity contribution in [3.63, 3.8) is 0 Å². The van der Waals surface area contributed by atoms with Gasteiger partial charge in [-0.05, 0) is 45.3 Å². The van der Waals surface area contributed by atoms with E-state index in [0.29, 0.717) is 6.04 Å². The maximum atomic E-state index is 4.44. The highest BCUT2D eigenvalue weighted by Gasteiger charge is 2.21. The highest BCUT2D eigenvalue weighted by Crippen LogP contribution is 2.15. The Kier molecular flexibility index (Phi) is 4.78. The van der Waals surface area contributed by atoms with Crippen molar-refractivity contribution in [2.24, 2.45) is 7.05 Å². The van der Waals surface area contributed by atoms with E-state index in [4.69, 9.17) is 0 Å². The first-order valence-electron chi connectivity index (χ1n) is 7.15. The Bertz CT molecular complexity index is 366. The molecule has 1 unspecified atom stereocenters. The van der Waals surface area contributed by atoms with Gasteiger partial charge in [0.25, 0.3) is 0 Å². The Labute approximate surface area is 110 Å². The van der Waals surface area contributed by atoms with Crippen LogP contribution in [0.1, 0.15) is 37.6 Å². The van der Waals surface area contributed by atoms with Gasteiger partial charge in [0, 0.05) is 26.2 Å². The van der Waals surface area contributed by atoms with Gasteiger partial charge in [-0.1, -0.05) is 6.92 Å². The molecular formula is C14H26N4. The third kappa shape index (κ3) is 3.33. The first kappa shape index (κ1) is 13.6. The van der Waals surface area contributed by atoms with Crippen molar-refractivity contribution in [1.82, 2.24) is 20.0 Å². The Morgan fingerprint density at radius 3 is 2.94 bits per heavy atom. The van der Waals surface area contributed by atoms with Crippen LogP contribution in [-0.2, 0) is 13.6 Å². The average molecular weight is 250 g/mol. The SMILES string of the molecule is CCCN(Cc1cc(C)nn1C)C1CCCNC1. The normalized spacial score (nSPS) is 20.6. The Balaban J connectivity index is 2.02. The molecule has 102 valence electrons. The number of hydrogen-bond donors (Lipinski definition) is 1. The summed E-state index contributed by atoms with van der Waals surface area (Å²) in [6, 6.07) is 2.90. The zero-order valence-corrected chi connectivity index (χ0v) is 11.9. The van der Waals surface area contributed by atoms with Gasteiger partial charge in [-0.15, -0.1) is 0 Å². The van der Waals surface area contributed by atoms with E-state index in [0.717, 1.165) is 18.8 Å². The van der Waals surface area contributed by atoms with Crippen molar-refractivity contribution >= 4 is 0 Å². The Morgan fingerprint density at radius 1 is 1.56 bits per heavy atom. The second kappa shape index (κ2) is 6.34. The first-order valence-corrected chi connectivity index (χ1v) is 7.15. The molecule has 0 spiro atoms. The van der Waals surface area contributed by atoms with Gasteiger partial charge in [0.2, 0.25) is 0 Å². The smallest absolute Gasteiger partial charge is 0.0597 e. The summed E-state index contributed by atoms with van der Waals surface area (Å²) < 4.78 is 2.02. The van der Waals surface area contributed by atoms with Gasteiger partial charge < -0.3 is 5.32 Å². The standard InChI is InChI=1S/C14H26N4/c1-4-8-18(13-6-5-7-15-10-13)11-14-9-12(2)16-17(14)3/h9,13,15H,4-8,10-11H2,1-3H3. The van der Waals surface area contributed by atoms with Crippen LogP contribution in [0.3, 0.4) is 0 Å². The van der Waals surface area contributed by atoms with Gasteiger partial charge in [-0.25, -0.2) is 0 Å². The summed E-state index contributed by atoms with van der Waals surface area (Å²) in [5, 5.41) is 7.96. The zero-order valence-electron chi connectivity index (χ0n) is 11.9. The third-order valence-electron chi connectivity index (χ3n) is 3.76. The van der Waals surface area contributed by atoms with E-state index < -0.39 is 0 Å². The molecule has 4 nitrogen and oxygen atoms in total. The van der Waals surface area contributed by atoms with E-state index >= 15 is 0 Å². The molecule has 0 saturated carbocycles. The van der Waals surface area contributed by atoms with Gasteiger partial charge in [0.15, 0.2) is 0 Å². The molecule has 1 aliphatic heterocycles. The summed E-state index contributed by atoms with van der Waals surface area (Å²) in [5.74, 6) is 0. The highest BCUT2D eigenvalue weighted by atomic mass is 15.3. The Morgan fingerprint density at radius 2 is 2.39 bits per heavy atom.